The van der Waals surface area contributed by atoms with Gasteiger partial charge in [-0.1, -0.05) is 6.08 Å². The molecule has 0 aromatic rings. The van der Waals surface area contributed by atoms with E-state index in [9.17, 15) is 8.42 Å². The molecule has 0 atom stereocenters. The van der Waals surface area contributed by atoms with Gasteiger partial charge in [-0.15, -0.1) is 0 Å². The van der Waals surface area contributed by atoms with Gasteiger partial charge in [-0.2, -0.15) is 8.42 Å². The van der Waals surface area contributed by atoms with Crippen LogP contribution in [0.2, 0.25) is 0 Å². The Balaban J connectivity index is 3.80. The fourth-order valence-corrected chi connectivity index (χ4v) is 0.705. The Bertz CT molecular complexity index is 205. The minimum Gasteiger partial charge on any atom is -0.306 e. The highest BCUT2D eigenvalue weighted by atomic mass is 32.2. The molecule has 0 aliphatic carbocycles. The standard InChI is InChI=1S/C5H11NO3S/c1-6(2)4-3-5-10(7,8)9/h3,5H,4H2,1-2H3,(H,7,8,9). The summed E-state index contributed by atoms with van der Waals surface area (Å²) in [7, 11) is -0.327. The summed E-state index contributed by atoms with van der Waals surface area (Å²) in [5, 5.41) is 0.771. The zero-order valence-corrected chi connectivity index (χ0v) is 6.80. The van der Waals surface area contributed by atoms with Crippen LogP contribution in [-0.2, 0) is 10.1 Å². The van der Waals surface area contributed by atoms with Crippen molar-refractivity contribution in [3.8, 4) is 0 Å². The topological polar surface area (TPSA) is 57.6 Å². The van der Waals surface area contributed by atoms with Crippen LogP contribution >= 0.6 is 0 Å². The van der Waals surface area contributed by atoms with E-state index >= 15 is 0 Å². The number of hydrogen-bond acceptors (Lipinski definition) is 3. The van der Waals surface area contributed by atoms with Gasteiger partial charge in [0.15, 0.2) is 0 Å². The SMILES string of the molecule is CN(C)CC=CS(=O)(=O)O. The fraction of sp³-hybridized carbons (Fsp3) is 0.600. The van der Waals surface area contributed by atoms with Crippen molar-refractivity contribution in [1.82, 2.24) is 4.90 Å². The first-order valence-corrected chi connectivity index (χ1v) is 4.21. The van der Waals surface area contributed by atoms with Crippen LogP contribution in [0, 0.1) is 0 Å². The molecule has 0 aromatic heterocycles. The van der Waals surface area contributed by atoms with Gasteiger partial charge in [0.1, 0.15) is 0 Å². The molecule has 60 valence electrons. The Morgan fingerprint density at radius 1 is 1.50 bits per heavy atom. The Morgan fingerprint density at radius 2 is 2.00 bits per heavy atom. The predicted octanol–water partition coefficient (Wildman–Crippen LogP) is -0.0505. The average molecular weight is 165 g/mol. The van der Waals surface area contributed by atoms with Crippen LogP contribution in [0.25, 0.3) is 0 Å². The minimum absolute atomic E-state index is 0.500. The van der Waals surface area contributed by atoms with Crippen molar-refractivity contribution < 1.29 is 13.0 Å². The molecule has 0 amide bonds. The summed E-state index contributed by atoms with van der Waals surface area (Å²) in [6.07, 6.45) is 1.37. The van der Waals surface area contributed by atoms with Gasteiger partial charge >= 0.3 is 0 Å². The Morgan fingerprint density at radius 3 is 2.30 bits per heavy atom. The zero-order valence-electron chi connectivity index (χ0n) is 5.98. The Labute approximate surface area is 60.9 Å². The molecule has 4 nitrogen and oxygen atoms in total. The second kappa shape index (κ2) is 3.70. The van der Waals surface area contributed by atoms with Crippen LogP contribution in [0.5, 0.6) is 0 Å². The lowest BCUT2D eigenvalue weighted by molar-refractivity contribution is 0.456. The second-order valence-corrected chi connectivity index (χ2v) is 3.45. The third-order valence-electron chi connectivity index (χ3n) is 0.739. The van der Waals surface area contributed by atoms with Crippen LogP contribution in [0.1, 0.15) is 0 Å². The van der Waals surface area contributed by atoms with Crippen molar-refractivity contribution in [2.45, 2.75) is 0 Å². The average Bonchev–Trinajstić information content (AvgIpc) is 1.59. The highest BCUT2D eigenvalue weighted by Crippen LogP contribution is 1.85. The highest BCUT2D eigenvalue weighted by molar-refractivity contribution is 7.88. The highest BCUT2D eigenvalue weighted by Gasteiger charge is 1.93. The van der Waals surface area contributed by atoms with Gasteiger partial charge in [0, 0.05) is 6.54 Å². The summed E-state index contributed by atoms with van der Waals surface area (Å²) in [6, 6.07) is 0. The maximum absolute atomic E-state index is 10.1. The van der Waals surface area contributed by atoms with E-state index in [1.165, 1.54) is 6.08 Å². The monoisotopic (exact) mass is 165 g/mol. The van der Waals surface area contributed by atoms with Gasteiger partial charge in [0.25, 0.3) is 10.1 Å². The third kappa shape index (κ3) is 7.61. The molecule has 0 aliphatic rings. The summed E-state index contributed by atoms with van der Waals surface area (Å²) in [5.74, 6) is 0. The molecule has 0 fully saturated rings. The van der Waals surface area contributed by atoms with Crippen molar-refractivity contribution in [3.05, 3.63) is 11.5 Å². The van der Waals surface area contributed by atoms with Gasteiger partial charge in [-0.05, 0) is 14.1 Å². The molecular weight excluding hydrogens is 154 g/mol. The van der Waals surface area contributed by atoms with E-state index in [4.69, 9.17) is 4.55 Å². The van der Waals surface area contributed by atoms with E-state index < -0.39 is 10.1 Å². The summed E-state index contributed by atoms with van der Waals surface area (Å²) >= 11 is 0. The van der Waals surface area contributed by atoms with Crippen LogP contribution in [0.15, 0.2) is 11.5 Å². The smallest absolute Gasteiger partial charge is 0.287 e. The maximum atomic E-state index is 10.1. The predicted molar refractivity (Wildman–Crippen MR) is 39.2 cm³/mol. The Kier molecular flexibility index (Phi) is 3.55. The van der Waals surface area contributed by atoms with E-state index in [-0.39, 0.29) is 0 Å². The fourth-order valence-electron chi connectivity index (χ4n) is 0.375. The lowest BCUT2D eigenvalue weighted by Crippen LogP contribution is -2.10. The molecular formula is C5H11NO3S. The molecule has 0 saturated heterocycles. The van der Waals surface area contributed by atoms with E-state index in [2.05, 4.69) is 0 Å². The van der Waals surface area contributed by atoms with Gasteiger partial charge in [-0.3, -0.25) is 4.55 Å². The van der Waals surface area contributed by atoms with Crippen LogP contribution in [-0.4, -0.2) is 38.5 Å². The van der Waals surface area contributed by atoms with E-state index in [0.29, 0.717) is 6.54 Å². The zero-order chi connectivity index (χ0) is 8.20. The molecule has 0 bridgehead atoms. The molecule has 5 heteroatoms. The lowest BCUT2D eigenvalue weighted by Gasteiger charge is -2.02. The van der Waals surface area contributed by atoms with Crippen molar-refractivity contribution in [1.29, 1.82) is 0 Å². The van der Waals surface area contributed by atoms with E-state index in [1.807, 2.05) is 0 Å². The van der Waals surface area contributed by atoms with E-state index in [1.54, 1.807) is 19.0 Å². The quantitative estimate of drug-likeness (QED) is 0.596. The number of likely N-dealkylation sites (N-methyl/N-ethyl adjacent to an activating group) is 1. The van der Waals surface area contributed by atoms with Crippen molar-refractivity contribution >= 4 is 10.1 Å². The number of nitrogens with zero attached hydrogens (tertiary/aromatic N) is 1. The molecule has 10 heavy (non-hydrogen) atoms. The first-order valence-electron chi connectivity index (χ1n) is 2.70. The molecule has 0 heterocycles. The van der Waals surface area contributed by atoms with E-state index in [0.717, 1.165) is 5.41 Å². The maximum Gasteiger partial charge on any atom is 0.287 e. The summed E-state index contributed by atoms with van der Waals surface area (Å²) < 4.78 is 28.3. The van der Waals surface area contributed by atoms with Crippen LogP contribution in [0.4, 0.5) is 0 Å². The van der Waals surface area contributed by atoms with Gasteiger partial charge < -0.3 is 4.90 Å². The largest absolute Gasteiger partial charge is 0.306 e. The van der Waals surface area contributed by atoms with Crippen LogP contribution in [0.3, 0.4) is 0 Å². The summed E-state index contributed by atoms with van der Waals surface area (Å²) in [6.45, 7) is 0.500. The van der Waals surface area contributed by atoms with Crippen molar-refractivity contribution in [3.63, 3.8) is 0 Å². The molecule has 0 aromatic carbocycles. The Hall–Kier alpha value is -0.390. The molecule has 0 aliphatic heterocycles. The lowest BCUT2D eigenvalue weighted by atomic mass is 10.6. The van der Waals surface area contributed by atoms with Crippen molar-refractivity contribution in [2.24, 2.45) is 0 Å². The number of rotatable bonds is 3. The molecule has 0 saturated carbocycles. The summed E-state index contributed by atoms with van der Waals surface area (Å²) in [5.41, 5.74) is 0. The van der Waals surface area contributed by atoms with Crippen molar-refractivity contribution in [2.75, 3.05) is 20.6 Å². The first-order chi connectivity index (χ1) is 4.42. The molecule has 0 spiro atoms. The van der Waals surface area contributed by atoms with Gasteiger partial charge in [0.05, 0.1) is 5.41 Å². The molecule has 0 radical (unpaired) electrons. The minimum atomic E-state index is -3.93. The molecule has 0 rings (SSSR count). The third-order valence-corrected chi connectivity index (χ3v) is 1.28. The molecule has 1 N–H and O–H groups in total. The van der Waals surface area contributed by atoms with Gasteiger partial charge in [0.2, 0.25) is 0 Å². The van der Waals surface area contributed by atoms with Gasteiger partial charge in [-0.25, -0.2) is 0 Å². The normalized spacial score (nSPS) is 13.2. The molecule has 0 unspecified atom stereocenters. The summed E-state index contributed by atoms with van der Waals surface area (Å²) in [4.78, 5) is 1.78. The second-order valence-electron chi connectivity index (χ2n) is 2.15. The first kappa shape index (κ1) is 9.61. The number of hydrogen-bond donors (Lipinski definition) is 1. The van der Waals surface area contributed by atoms with Crippen LogP contribution < -0.4 is 0 Å².